The van der Waals surface area contributed by atoms with Crippen molar-refractivity contribution >= 4 is 0 Å². The van der Waals surface area contributed by atoms with Crippen molar-refractivity contribution in [1.29, 1.82) is 0 Å². The maximum atomic E-state index is 5.64. The number of allylic oxidation sites excluding steroid dienone is 2. The van der Waals surface area contributed by atoms with Crippen LogP contribution in [0.3, 0.4) is 0 Å². The van der Waals surface area contributed by atoms with E-state index in [0.717, 1.165) is 60.5 Å². The van der Waals surface area contributed by atoms with Gasteiger partial charge in [-0.3, -0.25) is 4.90 Å². The molecular formula is C20H22N2O3. The van der Waals surface area contributed by atoms with Crippen molar-refractivity contribution in [2.45, 2.75) is 32.2 Å². The number of hydrogen-bond donors (Lipinski definition) is 0. The summed E-state index contributed by atoms with van der Waals surface area (Å²) in [4.78, 5) is 2.56. The zero-order valence-corrected chi connectivity index (χ0v) is 14.2. The molecule has 3 heterocycles. The van der Waals surface area contributed by atoms with Crippen LogP contribution in [0.5, 0.6) is 11.5 Å². The first-order valence-electron chi connectivity index (χ1n) is 9.11. The van der Waals surface area contributed by atoms with E-state index in [2.05, 4.69) is 22.2 Å². The summed E-state index contributed by atoms with van der Waals surface area (Å²) in [5.41, 5.74) is 3.22. The Balaban J connectivity index is 1.38. The first-order chi connectivity index (χ1) is 12.4. The maximum Gasteiger partial charge on any atom is 0.231 e. The van der Waals surface area contributed by atoms with Gasteiger partial charge in [0.15, 0.2) is 11.5 Å². The minimum absolute atomic E-state index is 0.291. The molecule has 0 N–H and O–H groups in total. The molecule has 1 unspecified atom stereocenters. The molecule has 0 bridgehead atoms. The van der Waals surface area contributed by atoms with Gasteiger partial charge in [0.25, 0.3) is 0 Å². The number of fused-ring (bicyclic) bond motifs is 2. The average Bonchev–Trinajstić information content (AvgIpc) is 3.28. The first kappa shape index (κ1) is 15.0. The van der Waals surface area contributed by atoms with Crippen molar-refractivity contribution in [1.82, 2.24) is 10.1 Å². The van der Waals surface area contributed by atoms with Gasteiger partial charge in [-0.1, -0.05) is 17.3 Å². The van der Waals surface area contributed by atoms with E-state index in [9.17, 15) is 0 Å². The molecule has 0 spiro atoms. The van der Waals surface area contributed by atoms with Crippen molar-refractivity contribution in [2.24, 2.45) is 5.92 Å². The second-order valence-electron chi connectivity index (χ2n) is 7.14. The Morgan fingerprint density at radius 1 is 1.16 bits per heavy atom. The monoisotopic (exact) mass is 338 g/mol. The number of aromatic nitrogens is 1. The van der Waals surface area contributed by atoms with Crippen molar-refractivity contribution in [3.63, 3.8) is 0 Å². The SMILES string of the molecule is C1=CCC(CN2CCc3onc(-c4ccc5c(c4)OCO5)c3C2)CC1. The van der Waals surface area contributed by atoms with Gasteiger partial charge in [0.2, 0.25) is 6.79 Å². The molecular weight excluding hydrogens is 316 g/mol. The fourth-order valence-electron chi connectivity index (χ4n) is 4.08. The molecule has 0 saturated heterocycles. The summed E-state index contributed by atoms with van der Waals surface area (Å²) in [5, 5.41) is 4.37. The lowest BCUT2D eigenvalue weighted by Gasteiger charge is -2.30. The lowest BCUT2D eigenvalue weighted by atomic mass is 9.93. The van der Waals surface area contributed by atoms with E-state index in [1.54, 1.807) is 0 Å². The van der Waals surface area contributed by atoms with Crippen molar-refractivity contribution in [2.75, 3.05) is 19.9 Å². The third kappa shape index (κ3) is 2.82. The lowest BCUT2D eigenvalue weighted by Crippen LogP contribution is -2.34. The van der Waals surface area contributed by atoms with Crippen LogP contribution in [0.2, 0.25) is 0 Å². The molecule has 1 aromatic heterocycles. The molecule has 0 radical (unpaired) electrons. The Morgan fingerprint density at radius 3 is 3.04 bits per heavy atom. The highest BCUT2D eigenvalue weighted by Gasteiger charge is 2.27. The lowest BCUT2D eigenvalue weighted by molar-refractivity contribution is 0.174. The molecule has 5 rings (SSSR count). The molecule has 5 heteroatoms. The van der Waals surface area contributed by atoms with E-state index in [1.807, 2.05) is 18.2 Å². The molecule has 5 nitrogen and oxygen atoms in total. The normalized spacial score (nSPS) is 22.2. The summed E-state index contributed by atoms with van der Waals surface area (Å²) >= 11 is 0. The standard InChI is InChI=1S/C20H22N2O3/c1-2-4-14(5-3-1)11-22-9-8-17-16(12-22)20(21-25-17)15-6-7-18-19(10-15)24-13-23-18/h1-2,6-7,10,14H,3-5,8-9,11-13H2. The number of ether oxygens (including phenoxy) is 2. The average molecular weight is 338 g/mol. The topological polar surface area (TPSA) is 47.7 Å². The van der Waals surface area contributed by atoms with Gasteiger partial charge in [0.05, 0.1) is 0 Å². The highest BCUT2D eigenvalue weighted by Crippen LogP contribution is 2.38. The Bertz CT molecular complexity index is 811. The molecule has 1 aromatic carbocycles. The maximum absolute atomic E-state index is 5.64. The molecule has 2 aliphatic heterocycles. The fourth-order valence-corrected chi connectivity index (χ4v) is 4.08. The van der Waals surface area contributed by atoms with E-state index >= 15 is 0 Å². The van der Waals surface area contributed by atoms with Gasteiger partial charge >= 0.3 is 0 Å². The van der Waals surface area contributed by atoms with E-state index in [4.69, 9.17) is 14.0 Å². The Kier molecular flexibility index (Phi) is 3.74. The van der Waals surface area contributed by atoms with E-state index < -0.39 is 0 Å². The van der Waals surface area contributed by atoms with Crippen LogP contribution in [0.4, 0.5) is 0 Å². The summed E-state index contributed by atoms with van der Waals surface area (Å²) in [7, 11) is 0. The van der Waals surface area contributed by atoms with Crippen LogP contribution in [0.25, 0.3) is 11.3 Å². The predicted molar refractivity (Wildman–Crippen MR) is 93.5 cm³/mol. The number of rotatable bonds is 3. The Labute approximate surface area is 147 Å². The van der Waals surface area contributed by atoms with Gasteiger partial charge in [-0.2, -0.15) is 0 Å². The number of hydrogen-bond acceptors (Lipinski definition) is 5. The highest BCUT2D eigenvalue weighted by atomic mass is 16.7. The van der Waals surface area contributed by atoms with Gasteiger partial charge in [0, 0.05) is 37.2 Å². The molecule has 130 valence electrons. The van der Waals surface area contributed by atoms with E-state index in [1.165, 1.54) is 24.8 Å². The smallest absolute Gasteiger partial charge is 0.231 e. The number of benzene rings is 1. The molecule has 0 saturated carbocycles. The summed E-state index contributed by atoms with van der Waals surface area (Å²) in [5.74, 6) is 3.40. The predicted octanol–water partition coefficient (Wildman–Crippen LogP) is 3.78. The Morgan fingerprint density at radius 2 is 2.12 bits per heavy atom. The quantitative estimate of drug-likeness (QED) is 0.797. The van der Waals surface area contributed by atoms with Crippen LogP contribution in [-0.4, -0.2) is 29.9 Å². The van der Waals surface area contributed by atoms with Gasteiger partial charge in [-0.15, -0.1) is 0 Å². The largest absolute Gasteiger partial charge is 0.454 e. The van der Waals surface area contributed by atoms with E-state index in [-0.39, 0.29) is 0 Å². The minimum atomic E-state index is 0.291. The van der Waals surface area contributed by atoms with Crippen molar-refractivity contribution in [3.8, 4) is 22.8 Å². The van der Waals surface area contributed by atoms with Gasteiger partial charge in [0.1, 0.15) is 11.5 Å². The summed E-state index contributed by atoms with van der Waals surface area (Å²) in [6, 6.07) is 6.00. The van der Waals surface area contributed by atoms with Crippen molar-refractivity contribution < 1.29 is 14.0 Å². The number of nitrogens with zero attached hydrogens (tertiary/aromatic N) is 2. The zero-order valence-electron chi connectivity index (χ0n) is 14.2. The van der Waals surface area contributed by atoms with Gasteiger partial charge in [-0.25, -0.2) is 0 Å². The third-order valence-electron chi connectivity index (χ3n) is 5.45. The summed E-state index contributed by atoms with van der Waals surface area (Å²) in [6.45, 7) is 3.43. The van der Waals surface area contributed by atoms with Crippen LogP contribution >= 0.6 is 0 Å². The fraction of sp³-hybridized carbons (Fsp3) is 0.450. The molecule has 1 atom stereocenters. The zero-order chi connectivity index (χ0) is 16.6. The molecule has 2 aromatic rings. The van der Waals surface area contributed by atoms with Crippen LogP contribution in [0.15, 0.2) is 34.9 Å². The second kappa shape index (κ2) is 6.23. The first-order valence-corrected chi connectivity index (χ1v) is 9.11. The molecule has 0 fully saturated rings. The van der Waals surface area contributed by atoms with Crippen molar-refractivity contribution in [3.05, 3.63) is 41.7 Å². The minimum Gasteiger partial charge on any atom is -0.454 e. The van der Waals surface area contributed by atoms with Crippen LogP contribution in [-0.2, 0) is 13.0 Å². The molecule has 3 aliphatic rings. The molecule has 1 aliphatic carbocycles. The highest BCUT2D eigenvalue weighted by molar-refractivity contribution is 5.67. The van der Waals surface area contributed by atoms with Crippen LogP contribution < -0.4 is 9.47 Å². The second-order valence-corrected chi connectivity index (χ2v) is 7.14. The third-order valence-corrected chi connectivity index (χ3v) is 5.45. The van der Waals surface area contributed by atoms with Crippen LogP contribution in [0.1, 0.15) is 30.6 Å². The molecule has 25 heavy (non-hydrogen) atoms. The van der Waals surface area contributed by atoms with E-state index in [0.29, 0.717) is 6.79 Å². The summed E-state index contributed by atoms with van der Waals surface area (Å²) < 4.78 is 16.5. The summed E-state index contributed by atoms with van der Waals surface area (Å²) in [6.07, 6.45) is 9.32. The Hall–Kier alpha value is -2.27. The molecule has 0 amide bonds. The van der Waals surface area contributed by atoms with Gasteiger partial charge < -0.3 is 14.0 Å². The van der Waals surface area contributed by atoms with Gasteiger partial charge in [-0.05, 0) is 43.4 Å². The van der Waals surface area contributed by atoms with Crippen LogP contribution in [0, 0.1) is 5.92 Å².